The summed E-state index contributed by atoms with van der Waals surface area (Å²) in [6.07, 6.45) is 4.39. The van der Waals surface area contributed by atoms with Crippen molar-refractivity contribution in [3.8, 4) is 0 Å². The number of carbonyl (C=O) groups excluding carboxylic acids is 1. The third-order valence-corrected chi connectivity index (χ3v) is 4.68. The van der Waals surface area contributed by atoms with E-state index >= 15 is 0 Å². The number of nitrogens with one attached hydrogen (secondary N) is 1. The third-order valence-electron chi connectivity index (χ3n) is 4.44. The average molecular weight is 321 g/mol. The molecule has 1 amide bonds. The first kappa shape index (κ1) is 15.4. The molecule has 3 rings (SSSR count). The molecule has 1 saturated heterocycles. The quantitative estimate of drug-likeness (QED) is 0.940. The molecule has 5 heteroatoms. The monoisotopic (exact) mass is 320 g/mol. The molecule has 4 nitrogen and oxygen atoms in total. The number of hydrogen-bond acceptors (Lipinski definition) is 2. The Kier molecular flexibility index (Phi) is 4.69. The summed E-state index contributed by atoms with van der Waals surface area (Å²) in [6, 6.07) is 5.72. The number of methoxy groups -OCH3 is 1. The standard InChI is InChI=1S/C17H21ClN2O2/c1-22-11-12-4-6-20(7-5-12)17(21)8-13-10-19-16-3-2-14(18)9-15(13)16/h2-3,9-10,12,19H,4-8,11H2,1H3. The maximum Gasteiger partial charge on any atom is 0.227 e. The second-order valence-electron chi connectivity index (χ2n) is 5.96. The Morgan fingerprint density at radius 1 is 1.41 bits per heavy atom. The number of fused-ring (bicyclic) bond motifs is 1. The van der Waals surface area contributed by atoms with E-state index in [2.05, 4.69) is 4.98 Å². The lowest BCUT2D eigenvalue weighted by molar-refractivity contribution is -0.132. The van der Waals surface area contributed by atoms with Crippen molar-refractivity contribution in [3.05, 3.63) is 35.0 Å². The van der Waals surface area contributed by atoms with Gasteiger partial charge in [0, 0.05) is 48.9 Å². The van der Waals surface area contributed by atoms with Crippen molar-refractivity contribution in [2.24, 2.45) is 5.92 Å². The lowest BCUT2D eigenvalue weighted by atomic mass is 9.97. The fourth-order valence-electron chi connectivity index (χ4n) is 3.16. The minimum atomic E-state index is 0.191. The van der Waals surface area contributed by atoms with E-state index in [0.717, 1.165) is 49.0 Å². The fraction of sp³-hybridized carbons (Fsp3) is 0.471. The van der Waals surface area contributed by atoms with Crippen LogP contribution < -0.4 is 0 Å². The summed E-state index contributed by atoms with van der Waals surface area (Å²) in [6.45, 7) is 2.45. The second kappa shape index (κ2) is 6.71. The lowest BCUT2D eigenvalue weighted by Crippen LogP contribution is -2.40. The van der Waals surface area contributed by atoms with Gasteiger partial charge in [-0.15, -0.1) is 0 Å². The highest BCUT2D eigenvalue weighted by Gasteiger charge is 2.23. The molecule has 1 N–H and O–H groups in total. The normalized spacial score (nSPS) is 16.4. The third kappa shape index (κ3) is 3.28. The van der Waals surface area contributed by atoms with E-state index in [1.165, 1.54) is 0 Å². The summed E-state index contributed by atoms with van der Waals surface area (Å²) < 4.78 is 5.20. The summed E-state index contributed by atoms with van der Waals surface area (Å²) in [5.74, 6) is 0.776. The first-order valence-corrected chi connectivity index (χ1v) is 8.07. The number of piperidine rings is 1. The lowest BCUT2D eigenvalue weighted by Gasteiger charge is -2.31. The van der Waals surface area contributed by atoms with Crippen molar-refractivity contribution in [2.45, 2.75) is 19.3 Å². The van der Waals surface area contributed by atoms with E-state index in [0.29, 0.717) is 17.4 Å². The molecule has 1 aromatic heterocycles. The van der Waals surface area contributed by atoms with Gasteiger partial charge in [-0.1, -0.05) is 11.6 Å². The smallest absolute Gasteiger partial charge is 0.227 e. The highest BCUT2D eigenvalue weighted by atomic mass is 35.5. The molecule has 1 aromatic carbocycles. The zero-order valence-corrected chi connectivity index (χ0v) is 13.5. The van der Waals surface area contributed by atoms with Crippen LogP contribution in [0.4, 0.5) is 0 Å². The Morgan fingerprint density at radius 2 is 2.18 bits per heavy atom. The Morgan fingerprint density at radius 3 is 2.91 bits per heavy atom. The minimum Gasteiger partial charge on any atom is -0.384 e. The van der Waals surface area contributed by atoms with Gasteiger partial charge in [0.25, 0.3) is 0 Å². The van der Waals surface area contributed by atoms with Crippen molar-refractivity contribution < 1.29 is 9.53 Å². The second-order valence-corrected chi connectivity index (χ2v) is 6.40. The molecular weight excluding hydrogens is 300 g/mol. The van der Waals surface area contributed by atoms with Gasteiger partial charge >= 0.3 is 0 Å². The number of benzene rings is 1. The van der Waals surface area contributed by atoms with Crippen molar-refractivity contribution in [2.75, 3.05) is 26.8 Å². The van der Waals surface area contributed by atoms with Crippen LogP contribution in [-0.4, -0.2) is 42.6 Å². The Labute approximate surface area is 135 Å². The maximum absolute atomic E-state index is 12.5. The number of likely N-dealkylation sites (tertiary alicyclic amines) is 1. The first-order chi connectivity index (χ1) is 10.7. The topological polar surface area (TPSA) is 45.3 Å². The SMILES string of the molecule is COCC1CCN(C(=O)Cc2c[nH]c3ccc(Cl)cc23)CC1. The summed E-state index contributed by atoms with van der Waals surface area (Å²) in [7, 11) is 1.74. The van der Waals surface area contributed by atoms with Crippen LogP contribution in [0.1, 0.15) is 18.4 Å². The number of aromatic amines is 1. The largest absolute Gasteiger partial charge is 0.384 e. The Bertz CT molecular complexity index is 660. The van der Waals surface area contributed by atoms with Crippen LogP contribution in [0.5, 0.6) is 0 Å². The van der Waals surface area contributed by atoms with Crippen LogP contribution in [0.25, 0.3) is 10.9 Å². The fourth-order valence-corrected chi connectivity index (χ4v) is 3.33. The van der Waals surface area contributed by atoms with E-state index in [-0.39, 0.29) is 5.91 Å². The number of rotatable bonds is 4. The number of hydrogen-bond donors (Lipinski definition) is 1. The van der Waals surface area contributed by atoms with Crippen LogP contribution in [0.15, 0.2) is 24.4 Å². The average Bonchev–Trinajstić information content (AvgIpc) is 2.90. The van der Waals surface area contributed by atoms with Gasteiger partial charge in [0.05, 0.1) is 6.42 Å². The predicted octanol–water partition coefficient (Wildman–Crippen LogP) is 3.25. The Balaban J connectivity index is 1.65. The summed E-state index contributed by atoms with van der Waals surface area (Å²) in [5.41, 5.74) is 2.03. The van der Waals surface area contributed by atoms with E-state index in [9.17, 15) is 4.79 Å². The molecule has 2 heterocycles. The van der Waals surface area contributed by atoms with E-state index in [1.54, 1.807) is 7.11 Å². The molecule has 0 radical (unpaired) electrons. The molecule has 0 aliphatic carbocycles. The van der Waals surface area contributed by atoms with Gasteiger partial charge in [-0.3, -0.25) is 4.79 Å². The van der Waals surface area contributed by atoms with Crippen molar-refractivity contribution in [3.63, 3.8) is 0 Å². The number of nitrogens with zero attached hydrogens (tertiary/aromatic N) is 1. The molecule has 0 saturated carbocycles. The summed E-state index contributed by atoms with van der Waals surface area (Å²) in [5, 5.41) is 1.73. The van der Waals surface area contributed by atoms with Gasteiger partial charge < -0.3 is 14.6 Å². The zero-order valence-electron chi connectivity index (χ0n) is 12.8. The summed E-state index contributed by atoms with van der Waals surface area (Å²) >= 11 is 6.06. The van der Waals surface area contributed by atoms with Crippen LogP contribution in [0.2, 0.25) is 5.02 Å². The number of amides is 1. The van der Waals surface area contributed by atoms with E-state index in [1.807, 2.05) is 29.3 Å². The van der Waals surface area contributed by atoms with Gasteiger partial charge in [-0.2, -0.15) is 0 Å². The maximum atomic E-state index is 12.5. The van der Waals surface area contributed by atoms with Crippen LogP contribution in [0, 0.1) is 5.92 Å². The van der Waals surface area contributed by atoms with Gasteiger partial charge in [-0.25, -0.2) is 0 Å². The minimum absolute atomic E-state index is 0.191. The van der Waals surface area contributed by atoms with Crippen molar-refractivity contribution >= 4 is 28.4 Å². The molecule has 0 bridgehead atoms. The van der Waals surface area contributed by atoms with Crippen molar-refractivity contribution in [1.82, 2.24) is 9.88 Å². The van der Waals surface area contributed by atoms with E-state index < -0.39 is 0 Å². The van der Waals surface area contributed by atoms with Gasteiger partial charge in [0.2, 0.25) is 5.91 Å². The summed E-state index contributed by atoms with van der Waals surface area (Å²) in [4.78, 5) is 17.7. The molecule has 2 aromatic rings. The first-order valence-electron chi connectivity index (χ1n) is 7.69. The van der Waals surface area contributed by atoms with Crippen LogP contribution in [-0.2, 0) is 16.0 Å². The predicted molar refractivity (Wildman–Crippen MR) is 88.2 cm³/mol. The molecule has 1 aliphatic rings. The van der Waals surface area contributed by atoms with E-state index in [4.69, 9.17) is 16.3 Å². The molecule has 118 valence electrons. The molecule has 0 unspecified atom stereocenters. The number of aromatic nitrogens is 1. The number of H-pyrrole nitrogens is 1. The molecule has 0 spiro atoms. The molecular formula is C17H21ClN2O2. The Hall–Kier alpha value is -1.52. The molecule has 0 atom stereocenters. The number of ether oxygens (including phenoxy) is 1. The highest BCUT2D eigenvalue weighted by molar-refractivity contribution is 6.31. The number of halogens is 1. The van der Waals surface area contributed by atoms with Gasteiger partial charge in [-0.05, 0) is 42.5 Å². The highest BCUT2D eigenvalue weighted by Crippen LogP contribution is 2.24. The van der Waals surface area contributed by atoms with Crippen molar-refractivity contribution in [1.29, 1.82) is 0 Å². The zero-order chi connectivity index (χ0) is 15.5. The van der Waals surface area contributed by atoms with Crippen LogP contribution >= 0.6 is 11.6 Å². The van der Waals surface area contributed by atoms with Gasteiger partial charge in [0.1, 0.15) is 0 Å². The molecule has 22 heavy (non-hydrogen) atoms. The molecule has 1 aliphatic heterocycles. The van der Waals surface area contributed by atoms with Crippen LogP contribution in [0.3, 0.4) is 0 Å². The van der Waals surface area contributed by atoms with Gasteiger partial charge in [0.15, 0.2) is 0 Å². The number of carbonyl (C=O) groups is 1. The molecule has 1 fully saturated rings.